The number of hydrogen-bond donors (Lipinski definition) is 2. The molecule has 8 heteroatoms. The quantitative estimate of drug-likeness (QED) is 0.613. The molecule has 0 aliphatic rings. The van der Waals surface area contributed by atoms with Gasteiger partial charge in [-0.25, -0.2) is 9.37 Å². The number of hydrogen-bond acceptors (Lipinski definition) is 6. The molecule has 0 spiro atoms. The molecule has 140 valence electrons. The summed E-state index contributed by atoms with van der Waals surface area (Å²) in [6.45, 7) is 1.85. The van der Waals surface area contributed by atoms with Crippen LogP contribution in [0.15, 0.2) is 42.5 Å². The first kappa shape index (κ1) is 18.7. The molecule has 0 radical (unpaired) electrons. The lowest BCUT2D eigenvalue weighted by atomic mass is 10.2. The number of halogens is 2. The van der Waals surface area contributed by atoms with Gasteiger partial charge in [0.1, 0.15) is 11.6 Å². The summed E-state index contributed by atoms with van der Waals surface area (Å²) < 4.78 is 23.8. The number of methoxy groups -OCH3 is 2. The molecule has 1 heterocycles. The summed E-state index contributed by atoms with van der Waals surface area (Å²) >= 11 is 5.82. The second-order valence-corrected chi connectivity index (χ2v) is 6.07. The Bertz CT molecular complexity index is 968. The van der Waals surface area contributed by atoms with Crippen molar-refractivity contribution in [2.75, 3.05) is 24.9 Å². The molecule has 3 aromatic rings. The summed E-state index contributed by atoms with van der Waals surface area (Å²) in [5, 5.41) is 6.26. The second kappa shape index (κ2) is 8.09. The Morgan fingerprint density at radius 2 is 1.59 bits per heavy atom. The first-order valence-corrected chi connectivity index (χ1v) is 8.43. The van der Waals surface area contributed by atoms with Gasteiger partial charge in [-0.2, -0.15) is 4.98 Å². The number of aryl methyl sites for hydroxylation is 1. The zero-order valence-electron chi connectivity index (χ0n) is 15.0. The van der Waals surface area contributed by atoms with Gasteiger partial charge >= 0.3 is 0 Å². The molecular weight excluding hydrogens is 371 g/mol. The fourth-order valence-electron chi connectivity index (χ4n) is 2.45. The van der Waals surface area contributed by atoms with Crippen molar-refractivity contribution in [2.45, 2.75) is 6.92 Å². The highest BCUT2D eigenvalue weighted by molar-refractivity contribution is 6.31. The van der Waals surface area contributed by atoms with Crippen LogP contribution in [0.3, 0.4) is 0 Å². The highest BCUT2D eigenvalue weighted by Crippen LogP contribution is 2.31. The van der Waals surface area contributed by atoms with Crippen molar-refractivity contribution in [2.24, 2.45) is 0 Å². The molecule has 0 aliphatic carbocycles. The third-order valence-electron chi connectivity index (χ3n) is 3.69. The molecule has 0 aliphatic heterocycles. The molecule has 3 rings (SSSR count). The Kier molecular flexibility index (Phi) is 5.61. The van der Waals surface area contributed by atoms with Crippen molar-refractivity contribution in [3.8, 4) is 11.5 Å². The van der Waals surface area contributed by atoms with Crippen LogP contribution in [-0.2, 0) is 0 Å². The molecule has 0 bridgehead atoms. The average molecular weight is 389 g/mol. The molecule has 0 fully saturated rings. The lowest BCUT2D eigenvalue weighted by Gasteiger charge is -2.12. The average Bonchev–Trinajstić information content (AvgIpc) is 2.64. The fraction of sp³-hybridized carbons (Fsp3) is 0.158. The van der Waals surface area contributed by atoms with Crippen LogP contribution in [0.4, 0.5) is 27.5 Å². The van der Waals surface area contributed by atoms with E-state index < -0.39 is 5.82 Å². The van der Waals surface area contributed by atoms with Gasteiger partial charge in [0.25, 0.3) is 0 Å². The van der Waals surface area contributed by atoms with E-state index in [2.05, 4.69) is 20.6 Å². The van der Waals surface area contributed by atoms with Gasteiger partial charge in [0.2, 0.25) is 5.95 Å². The van der Waals surface area contributed by atoms with Crippen LogP contribution in [0.5, 0.6) is 11.5 Å². The minimum atomic E-state index is -0.475. The van der Waals surface area contributed by atoms with Gasteiger partial charge in [-0.15, -0.1) is 0 Å². The van der Waals surface area contributed by atoms with Gasteiger partial charge in [-0.1, -0.05) is 11.6 Å². The Morgan fingerprint density at radius 1 is 0.889 bits per heavy atom. The van der Waals surface area contributed by atoms with Crippen LogP contribution in [-0.4, -0.2) is 24.2 Å². The summed E-state index contributed by atoms with van der Waals surface area (Å²) in [6.07, 6.45) is 0. The standard InChI is InChI=1S/C19H18ClFN4O2/c1-11-8-18(23-12-4-6-15(21)14(20)9-12)25-19(22-11)24-13-5-7-16(26-2)17(10-13)27-3/h4-10H,1-3H3,(H2,22,23,24,25). The summed E-state index contributed by atoms with van der Waals surface area (Å²) in [5.41, 5.74) is 2.12. The van der Waals surface area contributed by atoms with E-state index in [1.807, 2.05) is 13.0 Å². The van der Waals surface area contributed by atoms with E-state index in [1.165, 1.54) is 12.1 Å². The normalized spacial score (nSPS) is 10.4. The number of nitrogens with zero attached hydrogens (tertiary/aromatic N) is 2. The summed E-state index contributed by atoms with van der Waals surface area (Å²) in [5.74, 6) is 1.70. The van der Waals surface area contributed by atoms with E-state index in [1.54, 1.807) is 38.5 Å². The highest BCUT2D eigenvalue weighted by atomic mass is 35.5. The van der Waals surface area contributed by atoms with E-state index in [0.29, 0.717) is 29.0 Å². The number of nitrogens with one attached hydrogen (secondary N) is 2. The van der Waals surface area contributed by atoms with Crippen molar-refractivity contribution < 1.29 is 13.9 Å². The number of aromatic nitrogens is 2. The zero-order chi connectivity index (χ0) is 19.4. The SMILES string of the molecule is COc1ccc(Nc2nc(C)cc(Nc3ccc(F)c(Cl)c3)n2)cc1OC. The van der Waals surface area contributed by atoms with Crippen molar-refractivity contribution in [3.05, 3.63) is 59.0 Å². The summed E-state index contributed by atoms with van der Waals surface area (Å²) in [7, 11) is 3.15. The van der Waals surface area contributed by atoms with Gasteiger partial charge in [0.15, 0.2) is 11.5 Å². The van der Waals surface area contributed by atoms with E-state index in [4.69, 9.17) is 21.1 Å². The Hall–Kier alpha value is -3.06. The number of benzene rings is 2. The van der Waals surface area contributed by atoms with Crippen LogP contribution in [0.25, 0.3) is 0 Å². The van der Waals surface area contributed by atoms with Gasteiger partial charge in [-0.05, 0) is 37.3 Å². The van der Waals surface area contributed by atoms with Crippen LogP contribution in [0, 0.1) is 12.7 Å². The van der Waals surface area contributed by atoms with Crippen LogP contribution in [0.2, 0.25) is 5.02 Å². The van der Waals surface area contributed by atoms with Gasteiger partial charge in [-0.3, -0.25) is 0 Å². The second-order valence-electron chi connectivity index (χ2n) is 5.67. The molecule has 0 saturated heterocycles. The monoisotopic (exact) mass is 388 g/mol. The highest BCUT2D eigenvalue weighted by Gasteiger charge is 2.08. The predicted octanol–water partition coefficient (Wildman–Crippen LogP) is 5.08. The first-order valence-electron chi connectivity index (χ1n) is 8.05. The van der Waals surface area contributed by atoms with E-state index in [0.717, 1.165) is 11.4 Å². The van der Waals surface area contributed by atoms with Gasteiger partial charge in [0.05, 0.1) is 19.2 Å². The maximum Gasteiger partial charge on any atom is 0.229 e. The molecule has 6 nitrogen and oxygen atoms in total. The third-order valence-corrected chi connectivity index (χ3v) is 3.98. The molecular formula is C19H18ClFN4O2. The maximum atomic E-state index is 13.3. The van der Waals surface area contributed by atoms with Crippen LogP contribution >= 0.6 is 11.6 Å². The molecule has 0 atom stereocenters. The Labute approximate surface area is 161 Å². The van der Waals surface area contributed by atoms with Crippen LogP contribution < -0.4 is 20.1 Å². The van der Waals surface area contributed by atoms with Crippen molar-refractivity contribution >= 4 is 34.7 Å². The fourth-order valence-corrected chi connectivity index (χ4v) is 2.63. The maximum absolute atomic E-state index is 13.3. The van der Waals surface area contributed by atoms with E-state index in [-0.39, 0.29) is 5.02 Å². The van der Waals surface area contributed by atoms with E-state index in [9.17, 15) is 4.39 Å². The third kappa shape index (κ3) is 4.57. The van der Waals surface area contributed by atoms with Gasteiger partial charge in [0, 0.05) is 29.2 Å². The lowest BCUT2D eigenvalue weighted by molar-refractivity contribution is 0.355. The smallest absolute Gasteiger partial charge is 0.229 e. The number of ether oxygens (including phenoxy) is 2. The minimum Gasteiger partial charge on any atom is -0.493 e. The number of anilines is 4. The number of rotatable bonds is 6. The van der Waals surface area contributed by atoms with Crippen molar-refractivity contribution in [1.82, 2.24) is 9.97 Å². The summed E-state index contributed by atoms with van der Waals surface area (Å²) in [4.78, 5) is 8.81. The van der Waals surface area contributed by atoms with Crippen LogP contribution in [0.1, 0.15) is 5.69 Å². The lowest BCUT2D eigenvalue weighted by Crippen LogP contribution is -2.03. The molecule has 0 saturated carbocycles. The molecule has 1 aromatic heterocycles. The predicted molar refractivity (Wildman–Crippen MR) is 104 cm³/mol. The largest absolute Gasteiger partial charge is 0.493 e. The van der Waals surface area contributed by atoms with Crippen molar-refractivity contribution in [1.29, 1.82) is 0 Å². The Morgan fingerprint density at radius 3 is 2.30 bits per heavy atom. The first-order chi connectivity index (χ1) is 13.0. The molecule has 0 unspecified atom stereocenters. The van der Waals surface area contributed by atoms with E-state index >= 15 is 0 Å². The summed E-state index contributed by atoms with van der Waals surface area (Å²) in [6, 6.07) is 11.6. The Balaban J connectivity index is 1.84. The van der Waals surface area contributed by atoms with Gasteiger partial charge < -0.3 is 20.1 Å². The molecule has 27 heavy (non-hydrogen) atoms. The van der Waals surface area contributed by atoms with Crippen molar-refractivity contribution in [3.63, 3.8) is 0 Å². The molecule has 2 aromatic carbocycles. The topological polar surface area (TPSA) is 68.3 Å². The minimum absolute atomic E-state index is 0.0365. The molecule has 2 N–H and O–H groups in total. The molecule has 0 amide bonds. The zero-order valence-corrected chi connectivity index (χ0v) is 15.8.